The van der Waals surface area contributed by atoms with Crippen molar-refractivity contribution in [1.29, 1.82) is 0 Å². The number of aryl methyl sites for hydroxylation is 1. The van der Waals surface area contributed by atoms with Crippen molar-refractivity contribution in [3.63, 3.8) is 0 Å². The van der Waals surface area contributed by atoms with Crippen LogP contribution in [0.5, 0.6) is 0 Å². The third kappa shape index (κ3) is 3.26. The van der Waals surface area contributed by atoms with Gasteiger partial charge in [-0.05, 0) is 40.3 Å². The first-order chi connectivity index (χ1) is 10.3. The van der Waals surface area contributed by atoms with Gasteiger partial charge in [-0.25, -0.2) is 0 Å². The van der Waals surface area contributed by atoms with Crippen LogP contribution in [0.3, 0.4) is 0 Å². The van der Waals surface area contributed by atoms with Crippen LogP contribution in [0.4, 0.5) is 0 Å². The molecule has 0 atom stereocenters. The van der Waals surface area contributed by atoms with Crippen molar-refractivity contribution < 1.29 is 8.85 Å². The van der Waals surface area contributed by atoms with Gasteiger partial charge in [0.25, 0.3) is 0 Å². The summed E-state index contributed by atoms with van der Waals surface area (Å²) in [5.74, 6) is 0. The van der Waals surface area contributed by atoms with Crippen molar-refractivity contribution in [1.82, 2.24) is 0 Å². The molecule has 0 radical (unpaired) electrons. The minimum atomic E-state index is -1.78. The molecule has 0 amide bonds. The Morgan fingerprint density at radius 1 is 0.810 bits per heavy atom. The average molecular weight is 300 g/mol. The summed E-state index contributed by atoms with van der Waals surface area (Å²) in [5.41, 5.74) is 5.40. The quantitative estimate of drug-likeness (QED) is 0.763. The molecular formula is C18H24O2Si. The molecule has 0 saturated heterocycles. The lowest BCUT2D eigenvalue weighted by Crippen LogP contribution is -2.37. The molecule has 0 bridgehead atoms. The maximum Gasteiger partial charge on any atom is 0.355 e. The summed E-state index contributed by atoms with van der Waals surface area (Å²) in [7, 11) is 1.70. The molecule has 0 aliphatic carbocycles. The third-order valence-corrected chi connectivity index (χ3v) is 5.84. The summed E-state index contributed by atoms with van der Waals surface area (Å²) in [6, 6.07) is 15.1. The van der Waals surface area contributed by atoms with Gasteiger partial charge in [0.1, 0.15) is 0 Å². The SMILES string of the molecule is CCc1ccccc1-c1cccc([SiH](OC)OC)c1CC. The van der Waals surface area contributed by atoms with E-state index in [4.69, 9.17) is 8.85 Å². The van der Waals surface area contributed by atoms with Crippen molar-refractivity contribution in [3.8, 4) is 11.1 Å². The molecule has 0 heterocycles. The Kier molecular flexibility index (Phi) is 5.73. The zero-order valence-electron chi connectivity index (χ0n) is 13.3. The number of benzene rings is 2. The van der Waals surface area contributed by atoms with E-state index in [0.29, 0.717) is 0 Å². The lowest BCUT2D eigenvalue weighted by atomic mass is 9.93. The fourth-order valence-electron chi connectivity index (χ4n) is 2.91. The van der Waals surface area contributed by atoms with E-state index in [0.717, 1.165) is 12.8 Å². The summed E-state index contributed by atoms with van der Waals surface area (Å²) in [5, 5.41) is 1.26. The molecule has 0 saturated carbocycles. The van der Waals surface area contributed by atoms with Gasteiger partial charge in [0.2, 0.25) is 0 Å². The smallest absolute Gasteiger partial charge is 0.355 e. The highest BCUT2D eigenvalue weighted by molar-refractivity contribution is 6.62. The second kappa shape index (κ2) is 7.55. The molecule has 2 nitrogen and oxygen atoms in total. The Balaban J connectivity index is 2.61. The maximum absolute atomic E-state index is 5.59. The Morgan fingerprint density at radius 2 is 1.48 bits per heavy atom. The van der Waals surface area contributed by atoms with Gasteiger partial charge < -0.3 is 8.85 Å². The monoisotopic (exact) mass is 300 g/mol. The summed E-state index contributed by atoms with van der Waals surface area (Å²) >= 11 is 0. The Labute approximate surface area is 129 Å². The van der Waals surface area contributed by atoms with Gasteiger partial charge in [-0.15, -0.1) is 0 Å². The van der Waals surface area contributed by atoms with E-state index < -0.39 is 9.28 Å². The molecular weight excluding hydrogens is 276 g/mol. The molecule has 0 aliphatic rings. The molecule has 0 aliphatic heterocycles. The summed E-state index contributed by atoms with van der Waals surface area (Å²) in [4.78, 5) is 0. The normalized spacial score (nSPS) is 11.1. The second-order valence-corrected chi connectivity index (χ2v) is 7.27. The van der Waals surface area contributed by atoms with E-state index in [1.165, 1.54) is 27.4 Å². The molecule has 0 aromatic heterocycles. The molecule has 21 heavy (non-hydrogen) atoms. The van der Waals surface area contributed by atoms with Gasteiger partial charge in [-0.2, -0.15) is 0 Å². The van der Waals surface area contributed by atoms with Gasteiger partial charge >= 0.3 is 9.28 Å². The maximum atomic E-state index is 5.59. The first-order valence-electron chi connectivity index (χ1n) is 7.52. The summed E-state index contributed by atoms with van der Waals surface area (Å²) in [6.07, 6.45) is 2.03. The van der Waals surface area contributed by atoms with Crippen molar-refractivity contribution in [3.05, 3.63) is 53.6 Å². The molecule has 0 spiro atoms. The van der Waals surface area contributed by atoms with Gasteiger partial charge in [0.15, 0.2) is 0 Å². The molecule has 2 aromatic carbocycles. The lowest BCUT2D eigenvalue weighted by molar-refractivity contribution is 0.291. The van der Waals surface area contributed by atoms with Gasteiger partial charge in [0.05, 0.1) is 0 Å². The van der Waals surface area contributed by atoms with Gasteiger partial charge in [0, 0.05) is 14.2 Å². The van der Waals surface area contributed by atoms with Crippen molar-refractivity contribution in [2.24, 2.45) is 0 Å². The molecule has 2 aromatic rings. The van der Waals surface area contributed by atoms with E-state index in [2.05, 4.69) is 56.3 Å². The summed E-state index contributed by atoms with van der Waals surface area (Å²) in [6.45, 7) is 4.41. The predicted octanol–water partition coefficient (Wildman–Crippen LogP) is 3.20. The van der Waals surface area contributed by atoms with Crippen LogP contribution in [-0.2, 0) is 21.7 Å². The zero-order chi connectivity index (χ0) is 15.2. The third-order valence-electron chi connectivity index (χ3n) is 3.94. The van der Waals surface area contributed by atoms with Crippen LogP contribution >= 0.6 is 0 Å². The topological polar surface area (TPSA) is 18.5 Å². The van der Waals surface area contributed by atoms with E-state index in [9.17, 15) is 0 Å². The Bertz CT molecular complexity index is 592. The molecule has 0 unspecified atom stereocenters. The highest BCUT2D eigenvalue weighted by Gasteiger charge is 2.20. The van der Waals surface area contributed by atoms with Crippen LogP contribution in [0.15, 0.2) is 42.5 Å². The molecule has 112 valence electrons. The van der Waals surface area contributed by atoms with Gasteiger partial charge in [-0.3, -0.25) is 0 Å². The van der Waals surface area contributed by atoms with Crippen LogP contribution in [0.2, 0.25) is 0 Å². The first kappa shape index (κ1) is 16.0. The van der Waals surface area contributed by atoms with Crippen molar-refractivity contribution >= 4 is 14.5 Å². The molecule has 2 rings (SSSR count). The lowest BCUT2D eigenvalue weighted by Gasteiger charge is -2.19. The number of hydrogen-bond acceptors (Lipinski definition) is 2. The molecule has 3 heteroatoms. The van der Waals surface area contributed by atoms with Crippen LogP contribution in [0.25, 0.3) is 11.1 Å². The van der Waals surface area contributed by atoms with Crippen LogP contribution in [0.1, 0.15) is 25.0 Å². The molecule has 0 N–H and O–H groups in total. The largest absolute Gasteiger partial charge is 0.397 e. The first-order valence-corrected chi connectivity index (χ1v) is 9.04. The fourth-order valence-corrected chi connectivity index (χ4v) is 4.53. The molecule has 0 fully saturated rings. The minimum Gasteiger partial charge on any atom is -0.397 e. The van der Waals surface area contributed by atoms with E-state index in [1.54, 1.807) is 14.2 Å². The number of rotatable bonds is 6. The summed E-state index contributed by atoms with van der Waals surface area (Å²) < 4.78 is 11.2. The number of hydrogen-bond donors (Lipinski definition) is 0. The van der Waals surface area contributed by atoms with Crippen LogP contribution in [-0.4, -0.2) is 23.5 Å². The predicted molar refractivity (Wildman–Crippen MR) is 91.4 cm³/mol. The van der Waals surface area contributed by atoms with Crippen LogP contribution < -0.4 is 5.19 Å². The highest BCUT2D eigenvalue weighted by Crippen LogP contribution is 2.27. The zero-order valence-corrected chi connectivity index (χ0v) is 14.5. The second-order valence-electron chi connectivity index (χ2n) is 5.04. The highest BCUT2D eigenvalue weighted by atomic mass is 28.3. The van der Waals surface area contributed by atoms with Gasteiger partial charge in [-0.1, -0.05) is 56.3 Å². The van der Waals surface area contributed by atoms with E-state index in [-0.39, 0.29) is 0 Å². The Morgan fingerprint density at radius 3 is 2.10 bits per heavy atom. The fraction of sp³-hybridized carbons (Fsp3) is 0.333. The van der Waals surface area contributed by atoms with Crippen LogP contribution in [0, 0.1) is 0 Å². The Hall–Kier alpha value is -1.42. The van der Waals surface area contributed by atoms with E-state index in [1.807, 2.05) is 0 Å². The van der Waals surface area contributed by atoms with E-state index >= 15 is 0 Å². The minimum absolute atomic E-state index is 0.986. The van der Waals surface area contributed by atoms with Crippen molar-refractivity contribution in [2.75, 3.05) is 14.2 Å². The average Bonchev–Trinajstić information content (AvgIpc) is 2.55. The standard InChI is InChI=1S/C18H24O2Si/c1-5-14-10-7-8-11-16(14)17-12-9-13-18(15(17)6-2)21(19-3)20-4/h7-13,21H,5-6H2,1-4H3. The van der Waals surface area contributed by atoms with Crippen molar-refractivity contribution in [2.45, 2.75) is 26.7 Å².